The van der Waals surface area contributed by atoms with E-state index in [2.05, 4.69) is 0 Å². The van der Waals surface area contributed by atoms with Crippen LogP contribution in [0.2, 0.25) is 0 Å². The standard InChI is InChI=1S/C15H13NO2/c16-13-3-1-2-12(10-13)15(18)9-6-11-4-7-14(17)8-5-11/h1-10,17H,16H2/b9-6+. The number of ketones is 1. The van der Waals surface area contributed by atoms with Gasteiger partial charge in [-0.3, -0.25) is 4.79 Å². The fourth-order valence-electron chi connectivity index (χ4n) is 1.55. The summed E-state index contributed by atoms with van der Waals surface area (Å²) in [5.41, 5.74) is 7.60. The van der Waals surface area contributed by atoms with Crippen LogP contribution in [-0.4, -0.2) is 10.9 Å². The minimum absolute atomic E-state index is 0.102. The van der Waals surface area contributed by atoms with E-state index in [0.717, 1.165) is 5.56 Å². The molecular formula is C15H13NO2. The topological polar surface area (TPSA) is 63.3 Å². The summed E-state index contributed by atoms with van der Waals surface area (Å²) in [4.78, 5) is 11.8. The van der Waals surface area contributed by atoms with Crippen LogP contribution in [0.4, 0.5) is 5.69 Å². The lowest BCUT2D eigenvalue weighted by atomic mass is 10.1. The second-order valence-corrected chi connectivity index (χ2v) is 3.91. The van der Waals surface area contributed by atoms with E-state index < -0.39 is 0 Å². The lowest BCUT2D eigenvalue weighted by Gasteiger charge is -1.98. The van der Waals surface area contributed by atoms with Gasteiger partial charge in [0.1, 0.15) is 5.75 Å². The van der Waals surface area contributed by atoms with E-state index in [1.807, 2.05) is 0 Å². The predicted molar refractivity (Wildman–Crippen MR) is 72.3 cm³/mol. The number of allylic oxidation sites excluding steroid dienone is 1. The van der Waals surface area contributed by atoms with Crippen molar-refractivity contribution in [2.24, 2.45) is 0 Å². The molecule has 0 aromatic heterocycles. The Labute approximate surface area is 105 Å². The number of hydrogen-bond donors (Lipinski definition) is 2. The molecule has 0 saturated heterocycles. The molecule has 0 aliphatic rings. The van der Waals surface area contributed by atoms with Gasteiger partial charge in [0.05, 0.1) is 0 Å². The molecule has 3 N–H and O–H groups in total. The van der Waals surface area contributed by atoms with E-state index in [-0.39, 0.29) is 11.5 Å². The normalized spacial score (nSPS) is 10.7. The van der Waals surface area contributed by atoms with Gasteiger partial charge in [-0.1, -0.05) is 30.3 Å². The van der Waals surface area contributed by atoms with Crippen LogP contribution >= 0.6 is 0 Å². The number of carbonyl (C=O) groups excluding carboxylic acids is 1. The molecule has 2 aromatic rings. The number of phenolic OH excluding ortho intramolecular Hbond substituents is 1. The molecule has 0 aliphatic carbocycles. The molecule has 0 heterocycles. The van der Waals surface area contributed by atoms with Gasteiger partial charge in [-0.2, -0.15) is 0 Å². The summed E-state index contributed by atoms with van der Waals surface area (Å²) >= 11 is 0. The molecule has 0 aliphatic heterocycles. The summed E-state index contributed by atoms with van der Waals surface area (Å²) in [5.74, 6) is 0.102. The van der Waals surface area contributed by atoms with Crippen molar-refractivity contribution in [2.75, 3.05) is 5.73 Å². The Morgan fingerprint density at radius 1 is 1.11 bits per heavy atom. The van der Waals surface area contributed by atoms with Crippen molar-refractivity contribution in [3.8, 4) is 5.75 Å². The molecule has 3 nitrogen and oxygen atoms in total. The number of carbonyl (C=O) groups is 1. The molecule has 0 fully saturated rings. The van der Waals surface area contributed by atoms with Crippen molar-refractivity contribution in [3.63, 3.8) is 0 Å². The number of nitrogens with two attached hydrogens (primary N) is 1. The van der Waals surface area contributed by atoms with Crippen molar-refractivity contribution < 1.29 is 9.90 Å². The third kappa shape index (κ3) is 2.98. The summed E-state index contributed by atoms with van der Waals surface area (Å²) in [6.45, 7) is 0. The molecule has 0 saturated carbocycles. The summed E-state index contributed by atoms with van der Waals surface area (Å²) < 4.78 is 0. The predicted octanol–water partition coefficient (Wildman–Crippen LogP) is 2.87. The smallest absolute Gasteiger partial charge is 0.185 e. The highest BCUT2D eigenvalue weighted by atomic mass is 16.3. The lowest BCUT2D eigenvalue weighted by Crippen LogP contribution is -1.95. The average molecular weight is 239 g/mol. The Morgan fingerprint density at radius 2 is 1.83 bits per heavy atom. The quantitative estimate of drug-likeness (QED) is 0.492. The molecule has 0 bridgehead atoms. The number of phenols is 1. The Hall–Kier alpha value is -2.55. The first kappa shape index (κ1) is 11.9. The fourth-order valence-corrected chi connectivity index (χ4v) is 1.55. The summed E-state index contributed by atoms with van der Waals surface area (Å²) in [6.07, 6.45) is 3.19. The van der Waals surface area contributed by atoms with E-state index in [9.17, 15) is 4.79 Å². The summed E-state index contributed by atoms with van der Waals surface area (Å²) in [5, 5.41) is 9.14. The molecule has 0 spiro atoms. The van der Waals surface area contributed by atoms with Gasteiger partial charge in [0.15, 0.2) is 5.78 Å². The summed E-state index contributed by atoms with van der Waals surface area (Å²) in [7, 11) is 0. The van der Waals surface area contributed by atoms with Crippen LogP contribution in [-0.2, 0) is 0 Å². The maximum atomic E-state index is 11.8. The van der Waals surface area contributed by atoms with E-state index in [0.29, 0.717) is 11.3 Å². The minimum atomic E-state index is -0.102. The zero-order valence-electron chi connectivity index (χ0n) is 9.71. The Bertz CT molecular complexity index is 586. The summed E-state index contributed by atoms with van der Waals surface area (Å²) in [6, 6.07) is 13.5. The van der Waals surface area contributed by atoms with Gasteiger partial charge in [-0.15, -0.1) is 0 Å². The molecule has 18 heavy (non-hydrogen) atoms. The maximum absolute atomic E-state index is 11.8. The van der Waals surface area contributed by atoms with Gasteiger partial charge in [-0.05, 0) is 35.9 Å². The highest BCUT2D eigenvalue weighted by Gasteiger charge is 2.01. The fraction of sp³-hybridized carbons (Fsp3) is 0. The Kier molecular flexibility index (Phi) is 3.44. The Morgan fingerprint density at radius 3 is 2.50 bits per heavy atom. The molecule has 90 valence electrons. The first-order chi connectivity index (χ1) is 8.65. The van der Waals surface area contributed by atoms with Crippen LogP contribution in [0.3, 0.4) is 0 Å². The second-order valence-electron chi connectivity index (χ2n) is 3.91. The van der Waals surface area contributed by atoms with Crippen molar-refractivity contribution in [1.82, 2.24) is 0 Å². The zero-order valence-corrected chi connectivity index (χ0v) is 9.71. The number of rotatable bonds is 3. The van der Waals surface area contributed by atoms with Gasteiger partial charge >= 0.3 is 0 Å². The first-order valence-corrected chi connectivity index (χ1v) is 5.52. The molecule has 0 amide bonds. The molecule has 3 heteroatoms. The van der Waals surface area contributed by atoms with E-state index >= 15 is 0 Å². The van der Waals surface area contributed by atoms with Crippen LogP contribution in [0.5, 0.6) is 5.75 Å². The Balaban J connectivity index is 2.14. The molecular weight excluding hydrogens is 226 g/mol. The number of benzene rings is 2. The number of aromatic hydroxyl groups is 1. The largest absolute Gasteiger partial charge is 0.508 e. The van der Waals surface area contributed by atoms with Crippen LogP contribution in [0.1, 0.15) is 15.9 Å². The van der Waals surface area contributed by atoms with Crippen LogP contribution in [0.15, 0.2) is 54.6 Å². The van der Waals surface area contributed by atoms with Crippen LogP contribution in [0.25, 0.3) is 6.08 Å². The van der Waals surface area contributed by atoms with E-state index in [4.69, 9.17) is 10.8 Å². The van der Waals surface area contributed by atoms with Crippen LogP contribution in [0, 0.1) is 0 Å². The molecule has 0 unspecified atom stereocenters. The van der Waals surface area contributed by atoms with Gasteiger partial charge in [0, 0.05) is 11.3 Å². The molecule has 0 radical (unpaired) electrons. The number of anilines is 1. The third-order valence-corrected chi connectivity index (χ3v) is 2.49. The van der Waals surface area contributed by atoms with Gasteiger partial charge in [0.2, 0.25) is 0 Å². The van der Waals surface area contributed by atoms with Crippen molar-refractivity contribution in [3.05, 3.63) is 65.7 Å². The monoisotopic (exact) mass is 239 g/mol. The van der Waals surface area contributed by atoms with Crippen molar-refractivity contribution >= 4 is 17.5 Å². The van der Waals surface area contributed by atoms with Gasteiger partial charge in [0.25, 0.3) is 0 Å². The maximum Gasteiger partial charge on any atom is 0.185 e. The van der Waals surface area contributed by atoms with Crippen molar-refractivity contribution in [2.45, 2.75) is 0 Å². The second kappa shape index (κ2) is 5.19. The van der Waals surface area contributed by atoms with E-state index in [1.54, 1.807) is 54.6 Å². The molecule has 0 atom stereocenters. The van der Waals surface area contributed by atoms with E-state index in [1.165, 1.54) is 6.08 Å². The highest BCUT2D eigenvalue weighted by Crippen LogP contribution is 2.12. The SMILES string of the molecule is Nc1cccc(C(=O)/C=C/c2ccc(O)cc2)c1. The van der Waals surface area contributed by atoms with Crippen LogP contribution < -0.4 is 5.73 Å². The van der Waals surface area contributed by atoms with Gasteiger partial charge < -0.3 is 10.8 Å². The highest BCUT2D eigenvalue weighted by molar-refractivity contribution is 6.07. The molecule has 2 rings (SSSR count). The third-order valence-electron chi connectivity index (χ3n) is 2.49. The minimum Gasteiger partial charge on any atom is -0.508 e. The average Bonchev–Trinajstić information content (AvgIpc) is 2.38. The first-order valence-electron chi connectivity index (χ1n) is 5.52. The molecule has 2 aromatic carbocycles. The number of nitrogen functional groups attached to an aromatic ring is 1. The van der Waals surface area contributed by atoms with Crippen molar-refractivity contribution in [1.29, 1.82) is 0 Å². The number of hydrogen-bond acceptors (Lipinski definition) is 3. The zero-order chi connectivity index (χ0) is 13.0. The lowest BCUT2D eigenvalue weighted by molar-refractivity contribution is 0.104. The van der Waals surface area contributed by atoms with Gasteiger partial charge in [-0.25, -0.2) is 0 Å².